The summed E-state index contributed by atoms with van der Waals surface area (Å²) in [5.74, 6) is 6.59. The van der Waals surface area contributed by atoms with E-state index in [0.717, 1.165) is 11.4 Å². The number of thiazole rings is 1. The van der Waals surface area contributed by atoms with Gasteiger partial charge in [0.2, 0.25) is 0 Å². The Labute approximate surface area is 191 Å². The summed E-state index contributed by atoms with van der Waals surface area (Å²) in [4.78, 5) is 30.9. The normalized spacial score (nSPS) is 15.7. The van der Waals surface area contributed by atoms with Crippen molar-refractivity contribution in [2.45, 2.75) is 38.7 Å². The number of ether oxygens (including phenoxy) is 3. The van der Waals surface area contributed by atoms with E-state index in [-0.39, 0.29) is 12.0 Å². The predicted molar refractivity (Wildman–Crippen MR) is 121 cm³/mol. The predicted octanol–water partition coefficient (Wildman–Crippen LogP) is 3.38. The molecule has 8 nitrogen and oxygen atoms in total. The molecule has 0 spiro atoms. The maximum atomic E-state index is 12.4. The highest BCUT2D eigenvalue weighted by atomic mass is 32.1. The van der Waals surface area contributed by atoms with E-state index in [2.05, 4.69) is 16.8 Å². The van der Waals surface area contributed by atoms with Crippen LogP contribution in [0.4, 0.5) is 4.79 Å². The van der Waals surface area contributed by atoms with Crippen molar-refractivity contribution in [2.75, 3.05) is 27.3 Å². The second kappa shape index (κ2) is 9.49. The van der Waals surface area contributed by atoms with Crippen molar-refractivity contribution in [1.29, 1.82) is 0 Å². The zero-order chi connectivity index (χ0) is 23.5. The Balaban J connectivity index is 1.83. The molecule has 0 saturated carbocycles. The number of rotatable bonds is 4. The second-order valence-corrected chi connectivity index (χ2v) is 9.39. The first kappa shape index (κ1) is 23.4. The fourth-order valence-corrected chi connectivity index (χ4v) is 4.23. The molecule has 32 heavy (non-hydrogen) atoms. The first-order valence-electron chi connectivity index (χ1n) is 10.1. The molecule has 1 aromatic heterocycles. The summed E-state index contributed by atoms with van der Waals surface area (Å²) in [6.07, 6.45) is 0.379. The molecule has 1 aliphatic rings. The third-order valence-electron chi connectivity index (χ3n) is 4.73. The Hall–Kier alpha value is -3.25. The molecule has 1 unspecified atom stereocenters. The summed E-state index contributed by atoms with van der Waals surface area (Å²) in [6, 6.07) is 5.28. The van der Waals surface area contributed by atoms with E-state index in [9.17, 15) is 9.59 Å². The van der Waals surface area contributed by atoms with Crippen LogP contribution in [-0.4, -0.2) is 54.8 Å². The maximum absolute atomic E-state index is 12.4. The maximum Gasteiger partial charge on any atom is 0.410 e. The minimum absolute atomic E-state index is 0.00178. The van der Waals surface area contributed by atoms with Gasteiger partial charge in [0.1, 0.15) is 27.7 Å². The van der Waals surface area contributed by atoms with Gasteiger partial charge in [-0.15, -0.1) is 11.3 Å². The Bertz CT molecular complexity index is 1060. The van der Waals surface area contributed by atoms with Crippen molar-refractivity contribution in [1.82, 2.24) is 9.88 Å². The van der Waals surface area contributed by atoms with Crippen molar-refractivity contribution in [3.05, 3.63) is 39.3 Å². The van der Waals surface area contributed by atoms with Crippen molar-refractivity contribution >= 4 is 23.3 Å². The number of nitrogens with zero attached hydrogens (tertiary/aromatic N) is 2. The monoisotopic (exact) mass is 457 g/mol. The first-order valence-corrected chi connectivity index (χ1v) is 10.9. The molecule has 1 atom stereocenters. The number of carbonyl (C=O) groups excluding carboxylic acids is 2. The lowest BCUT2D eigenvalue weighted by Gasteiger charge is -2.24. The van der Waals surface area contributed by atoms with E-state index in [1.165, 1.54) is 11.3 Å². The molecule has 9 heteroatoms. The highest BCUT2D eigenvalue weighted by molar-refractivity contribution is 7.14. The van der Waals surface area contributed by atoms with Gasteiger partial charge in [-0.1, -0.05) is 5.92 Å². The minimum atomic E-state index is -0.580. The lowest BCUT2D eigenvalue weighted by atomic mass is 10.1. The van der Waals surface area contributed by atoms with Gasteiger partial charge >= 0.3 is 6.09 Å². The van der Waals surface area contributed by atoms with Crippen LogP contribution in [0.25, 0.3) is 0 Å². The van der Waals surface area contributed by atoms with E-state index in [4.69, 9.17) is 19.9 Å². The summed E-state index contributed by atoms with van der Waals surface area (Å²) >= 11 is 1.23. The van der Waals surface area contributed by atoms with Crippen molar-refractivity contribution in [3.8, 4) is 23.3 Å². The number of benzene rings is 1. The van der Waals surface area contributed by atoms with Crippen LogP contribution < -0.4 is 15.2 Å². The zero-order valence-electron chi connectivity index (χ0n) is 18.9. The number of amides is 2. The number of aromatic nitrogens is 1. The second-order valence-electron chi connectivity index (χ2n) is 8.36. The van der Waals surface area contributed by atoms with E-state index in [0.29, 0.717) is 40.7 Å². The average Bonchev–Trinajstić information content (AvgIpc) is 3.38. The molecule has 1 saturated heterocycles. The third kappa shape index (κ3) is 5.71. The van der Waals surface area contributed by atoms with Gasteiger partial charge in [0.05, 0.1) is 19.2 Å². The molecule has 0 radical (unpaired) electrons. The number of methoxy groups -OCH3 is 2. The van der Waals surface area contributed by atoms with Gasteiger partial charge < -0.3 is 24.8 Å². The first-order chi connectivity index (χ1) is 15.1. The molecule has 1 fully saturated rings. The van der Waals surface area contributed by atoms with E-state index in [1.807, 2.05) is 20.8 Å². The summed E-state index contributed by atoms with van der Waals surface area (Å²) in [5, 5.41) is 0.734. The zero-order valence-corrected chi connectivity index (χ0v) is 19.7. The Morgan fingerprint density at radius 2 is 1.81 bits per heavy atom. The fraction of sp³-hybridized carbons (Fsp3) is 0.435. The lowest BCUT2D eigenvalue weighted by molar-refractivity contribution is 0.0292. The highest BCUT2D eigenvalue weighted by Gasteiger charge is 2.33. The van der Waals surface area contributed by atoms with E-state index < -0.39 is 11.5 Å². The van der Waals surface area contributed by atoms with Crippen LogP contribution in [0, 0.1) is 11.8 Å². The molecule has 0 bridgehead atoms. The number of hydrogen-bond acceptors (Lipinski definition) is 7. The molecule has 2 N–H and O–H groups in total. The largest absolute Gasteiger partial charge is 0.497 e. The lowest BCUT2D eigenvalue weighted by Crippen LogP contribution is -2.35. The topological polar surface area (TPSA) is 104 Å². The summed E-state index contributed by atoms with van der Waals surface area (Å²) in [6.45, 7) is 6.54. The number of carbonyl (C=O) groups is 2. The van der Waals surface area contributed by atoms with Crippen molar-refractivity contribution in [3.63, 3.8) is 0 Å². The molecule has 170 valence electrons. The highest BCUT2D eigenvalue weighted by Crippen LogP contribution is 2.32. The molecule has 1 aromatic carbocycles. The Morgan fingerprint density at radius 1 is 1.16 bits per heavy atom. The van der Waals surface area contributed by atoms with Crippen LogP contribution in [0.1, 0.15) is 59.0 Å². The third-order valence-corrected chi connectivity index (χ3v) is 5.97. The molecule has 3 rings (SSSR count). The van der Waals surface area contributed by atoms with Crippen LogP contribution >= 0.6 is 11.3 Å². The van der Waals surface area contributed by atoms with Crippen LogP contribution in [-0.2, 0) is 4.74 Å². The number of nitrogens with two attached hydrogens (primary N) is 1. The van der Waals surface area contributed by atoms with Gasteiger partial charge in [0.25, 0.3) is 5.91 Å². The summed E-state index contributed by atoms with van der Waals surface area (Å²) in [5.41, 5.74) is 6.00. The molecule has 2 amide bonds. The Kier molecular flexibility index (Phi) is 6.94. The van der Waals surface area contributed by atoms with Crippen LogP contribution in [0.2, 0.25) is 0 Å². The van der Waals surface area contributed by atoms with Crippen molar-refractivity contribution < 1.29 is 23.8 Å². The van der Waals surface area contributed by atoms with Gasteiger partial charge in [-0.25, -0.2) is 9.78 Å². The van der Waals surface area contributed by atoms with Crippen molar-refractivity contribution in [2.24, 2.45) is 5.73 Å². The van der Waals surface area contributed by atoms with Gasteiger partial charge in [-0.3, -0.25) is 4.79 Å². The average molecular weight is 458 g/mol. The fourth-order valence-electron chi connectivity index (χ4n) is 3.23. The quantitative estimate of drug-likeness (QED) is 0.706. The van der Waals surface area contributed by atoms with Crippen LogP contribution in [0.5, 0.6) is 11.5 Å². The molecule has 2 aromatic rings. The van der Waals surface area contributed by atoms with Gasteiger partial charge in [-0.2, -0.15) is 0 Å². The molecular weight excluding hydrogens is 430 g/mol. The summed E-state index contributed by atoms with van der Waals surface area (Å²) < 4.78 is 16.0. The van der Waals surface area contributed by atoms with E-state index >= 15 is 0 Å². The van der Waals surface area contributed by atoms with Gasteiger partial charge in [0, 0.05) is 30.6 Å². The van der Waals surface area contributed by atoms with E-state index in [1.54, 1.807) is 37.3 Å². The number of hydrogen-bond donors (Lipinski definition) is 1. The Morgan fingerprint density at radius 3 is 2.38 bits per heavy atom. The van der Waals surface area contributed by atoms with Crippen LogP contribution in [0.3, 0.4) is 0 Å². The smallest absolute Gasteiger partial charge is 0.410 e. The van der Waals surface area contributed by atoms with Gasteiger partial charge in [0.15, 0.2) is 0 Å². The molecule has 2 heterocycles. The number of likely N-dealkylation sites (tertiary alicyclic amines) is 1. The molecular formula is C23H27N3O5S. The number of primary amides is 1. The molecule has 1 aliphatic heterocycles. The van der Waals surface area contributed by atoms with Crippen LogP contribution in [0.15, 0.2) is 18.2 Å². The van der Waals surface area contributed by atoms with Gasteiger partial charge in [-0.05, 0) is 45.2 Å². The minimum Gasteiger partial charge on any atom is -0.497 e. The molecule has 0 aliphatic carbocycles. The SMILES string of the molecule is COc1cc(C#Cc2nc(C3CCN(C(=O)OC(C)(C)C)C3)sc2C(N)=O)cc(OC)c1. The standard InChI is InChI=1S/C23H27N3O5S/c1-23(2,3)31-22(28)26-9-8-15(13-26)21-25-18(19(32-21)20(24)27)7-6-14-10-16(29-4)12-17(11-14)30-5/h10-12,15H,8-9,13H2,1-5H3,(H2,24,27). The summed E-state index contributed by atoms with van der Waals surface area (Å²) in [7, 11) is 3.12.